The first kappa shape index (κ1) is 14.4. The minimum atomic E-state index is -4.39. The zero-order valence-electron chi connectivity index (χ0n) is 10.3. The van der Waals surface area contributed by atoms with Crippen molar-refractivity contribution in [1.82, 2.24) is 9.88 Å². The quantitative estimate of drug-likeness (QED) is 0.798. The third-order valence-corrected chi connectivity index (χ3v) is 3.29. The fraction of sp³-hybridized carbons (Fsp3) is 0.583. The van der Waals surface area contributed by atoms with Crippen LogP contribution < -0.4 is 4.90 Å². The first-order valence-electron chi connectivity index (χ1n) is 6.08. The summed E-state index contributed by atoms with van der Waals surface area (Å²) in [6.07, 6.45) is -4.39. The summed E-state index contributed by atoms with van der Waals surface area (Å²) >= 11 is 5.67. The molecule has 0 bridgehead atoms. The molecule has 0 amide bonds. The lowest BCUT2D eigenvalue weighted by Crippen LogP contribution is -2.47. The van der Waals surface area contributed by atoms with E-state index in [2.05, 4.69) is 9.88 Å². The molecule has 1 aliphatic heterocycles. The van der Waals surface area contributed by atoms with Gasteiger partial charge in [0.25, 0.3) is 0 Å². The highest BCUT2D eigenvalue weighted by Gasteiger charge is 2.33. The SMILES string of the molecule is FC(F)(F)c1cccc(N2CCN(CCCl)CC2)n1. The predicted octanol–water partition coefficient (Wildman–Crippen LogP) is 2.46. The highest BCUT2D eigenvalue weighted by molar-refractivity contribution is 6.18. The fourth-order valence-corrected chi connectivity index (χ4v) is 2.32. The maximum Gasteiger partial charge on any atom is 0.433 e. The number of alkyl halides is 4. The van der Waals surface area contributed by atoms with Crippen LogP contribution in [0.1, 0.15) is 5.69 Å². The van der Waals surface area contributed by atoms with Crippen LogP contribution in [0.25, 0.3) is 0 Å². The molecular weight excluding hydrogens is 279 g/mol. The Morgan fingerprint density at radius 2 is 1.84 bits per heavy atom. The Hall–Kier alpha value is -1.01. The van der Waals surface area contributed by atoms with Gasteiger partial charge in [-0.25, -0.2) is 4.98 Å². The minimum Gasteiger partial charge on any atom is -0.354 e. The molecular formula is C12H15ClF3N3. The zero-order chi connectivity index (χ0) is 13.9. The second-order valence-corrected chi connectivity index (χ2v) is 4.77. The average Bonchev–Trinajstić information content (AvgIpc) is 2.39. The van der Waals surface area contributed by atoms with E-state index in [0.717, 1.165) is 25.7 Å². The molecule has 19 heavy (non-hydrogen) atoms. The molecule has 1 fully saturated rings. The van der Waals surface area contributed by atoms with Gasteiger partial charge in [-0.3, -0.25) is 4.90 Å². The summed E-state index contributed by atoms with van der Waals surface area (Å²) in [6, 6.07) is 4.01. The minimum absolute atomic E-state index is 0.389. The lowest BCUT2D eigenvalue weighted by Gasteiger charge is -2.35. The van der Waals surface area contributed by atoms with Crippen molar-refractivity contribution < 1.29 is 13.2 Å². The number of hydrogen-bond donors (Lipinski definition) is 0. The fourth-order valence-electron chi connectivity index (χ4n) is 2.08. The van der Waals surface area contributed by atoms with Crippen molar-refractivity contribution in [2.75, 3.05) is 43.5 Å². The molecule has 7 heteroatoms. The van der Waals surface area contributed by atoms with Gasteiger partial charge in [0, 0.05) is 38.6 Å². The monoisotopic (exact) mass is 293 g/mol. The van der Waals surface area contributed by atoms with Crippen molar-refractivity contribution in [3.05, 3.63) is 23.9 Å². The largest absolute Gasteiger partial charge is 0.433 e. The summed E-state index contributed by atoms with van der Waals surface area (Å²) in [5.74, 6) is 0.960. The van der Waals surface area contributed by atoms with Crippen LogP contribution in [0.4, 0.5) is 19.0 Å². The van der Waals surface area contributed by atoms with Gasteiger partial charge in [0.1, 0.15) is 11.5 Å². The summed E-state index contributed by atoms with van der Waals surface area (Å²) in [7, 11) is 0. The van der Waals surface area contributed by atoms with Crippen LogP contribution in [-0.2, 0) is 6.18 Å². The summed E-state index contributed by atoms with van der Waals surface area (Å²) in [5, 5.41) is 0. The molecule has 0 spiro atoms. The number of aromatic nitrogens is 1. The number of pyridine rings is 1. The van der Waals surface area contributed by atoms with Gasteiger partial charge in [-0.05, 0) is 12.1 Å². The molecule has 3 nitrogen and oxygen atoms in total. The number of anilines is 1. The predicted molar refractivity (Wildman–Crippen MR) is 68.6 cm³/mol. The van der Waals surface area contributed by atoms with E-state index in [4.69, 9.17) is 11.6 Å². The maximum atomic E-state index is 12.6. The summed E-state index contributed by atoms with van der Waals surface area (Å²) in [5.41, 5.74) is -0.840. The van der Waals surface area contributed by atoms with Crippen LogP contribution >= 0.6 is 11.6 Å². The molecule has 0 saturated carbocycles. The molecule has 2 rings (SSSR count). The molecule has 0 N–H and O–H groups in total. The third kappa shape index (κ3) is 3.73. The van der Waals surface area contributed by atoms with E-state index in [1.165, 1.54) is 6.07 Å². The Balaban J connectivity index is 2.03. The van der Waals surface area contributed by atoms with E-state index >= 15 is 0 Å². The van der Waals surface area contributed by atoms with Crippen LogP contribution in [0.3, 0.4) is 0 Å². The standard InChI is InChI=1S/C12H15ClF3N3/c13-4-5-18-6-8-19(9-7-18)11-3-1-2-10(17-11)12(14,15)16/h1-3H,4-9H2. The van der Waals surface area contributed by atoms with Crippen LogP contribution in [0.15, 0.2) is 18.2 Å². The summed E-state index contributed by atoms with van der Waals surface area (Å²) < 4.78 is 37.8. The van der Waals surface area contributed by atoms with E-state index in [1.54, 1.807) is 6.07 Å². The van der Waals surface area contributed by atoms with Gasteiger partial charge in [-0.2, -0.15) is 13.2 Å². The van der Waals surface area contributed by atoms with Crippen LogP contribution in [0, 0.1) is 0 Å². The maximum absolute atomic E-state index is 12.6. The molecule has 1 saturated heterocycles. The molecule has 1 aliphatic rings. The molecule has 2 heterocycles. The Bertz CT molecular complexity index is 417. The highest BCUT2D eigenvalue weighted by atomic mass is 35.5. The molecule has 1 aromatic rings. The normalized spacial score (nSPS) is 17.8. The average molecular weight is 294 g/mol. The molecule has 0 unspecified atom stereocenters. The molecule has 0 atom stereocenters. The van der Waals surface area contributed by atoms with Crippen molar-refractivity contribution in [1.29, 1.82) is 0 Å². The lowest BCUT2D eigenvalue weighted by molar-refractivity contribution is -0.141. The number of rotatable bonds is 3. The third-order valence-electron chi connectivity index (χ3n) is 3.12. The van der Waals surface area contributed by atoms with Gasteiger partial charge in [0.2, 0.25) is 0 Å². The summed E-state index contributed by atoms with van der Waals surface area (Å²) in [6.45, 7) is 3.75. The van der Waals surface area contributed by atoms with Gasteiger partial charge in [-0.1, -0.05) is 6.07 Å². The molecule has 106 valence electrons. The number of halogens is 4. The Morgan fingerprint density at radius 1 is 1.16 bits per heavy atom. The summed E-state index contributed by atoms with van der Waals surface area (Å²) in [4.78, 5) is 7.76. The van der Waals surface area contributed by atoms with E-state index in [0.29, 0.717) is 24.8 Å². The molecule has 1 aromatic heterocycles. The number of hydrogen-bond acceptors (Lipinski definition) is 3. The van der Waals surface area contributed by atoms with Gasteiger partial charge < -0.3 is 4.90 Å². The van der Waals surface area contributed by atoms with Gasteiger partial charge >= 0.3 is 6.18 Å². The molecule has 0 radical (unpaired) electrons. The van der Waals surface area contributed by atoms with Crippen LogP contribution in [0.2, 0.25) is 0 Å². The smallest absolute Gasteiger partial charge is 0.354 e. The lowest BCUT2D eigenvalue weighted by atomic mass is 10.3. The van der Waals surface area contributed by atoms with Crippen LogP contribution in [-0.4, -0.2) is 48.5 Å². The molecule has 0 aliphatic carbocycles. The van der Waals surface area contributed by atoms with E-state index < -0.39 is 11.9 Å². The second kappa shape index (κ2) is 5.96. The first-order valence-corrected chi connectivity index (χ1v) is 6.61. The first-order chi connectivity index (χ1) is 9.00. The van der Waals surface area contributed by atoms with Crippen LogP contribution in [0.5, 0.6) is 0 Å². The highest BCUT2D eigenvalue weighted by Crippen LogP contribution is 2.29. The van der Waals surface area contributed by atoms with Crippen molar-refractivity contribution in [2.45, 2.75) is 6.18 Å². The van der Waals surface area contributed by atoms with Gasteiger partial charge in [-0.15, -0.1) is 11.6 Å². The number of nitrogens with zero attached hydrogens (tertiary/aromatic N) is 3. The van der Waals surface area contributed by atoms with E-state index in [9.17, 15) is 13.2 Å². The zero-order valence-corrected chi connectivity index (χ0v) is 11.1. The topological polar surface area (TPSA) is 19.4 Å². The van der Waals surface area contributed by atoms with E-state index in [-0.39, 0.29) is 0 Å². The van der Waals surface area contributed by atoms with Crippen molar-refractivity contribution in [2.24, 2.45) is 0 Å². The number of piperazine rings is 1. The van der Waals surface area contributed by atoms with E-state index in [1.807, 2.05) is 4.90 Å². The Kier molecular flexibility index (Phi) is 4.52. The van der Waals surface area contributed by atoms with Crippen molar-refractivity contribution >= 4 is 17.4 Å². The van der Waals surface area contributed by atoms with Crippen molar-refractivity contribution in [3.63, 3.8) is 0 Å². The Labute approximate surface area is 115 Å². The molecule has 0 aromatic carbocycles. The van der Waals surface area contributed by atoms with Gasteiger partial charge in [0.15, 0.2) is 0 Å². The Morgan fingerprint density at radius 3 is 2.42 bits per heavy atom. The van der Waals surface area contributed by atoms with Gasteiger partial charge in [0.05, 0.1) is 0 Å². The second-order valence-electron chi connectivity index (χ2n) is 4.40. The van der Waals surface area contributed by atoms with Crippen molar-refractivity contribution in [3.8, 4) is 0 Å².